The number of aliphatic imine (C=N–C) groups is 1. The summed E-state index contributed by atoms with van der Waals surface area (Å²) in [4.78, 5) is 19.1. The van der Waals surface area contributed by atoms with E-state index in [4.69, 9.17) is 4.74 Å². The third kappa shape index (κ3) is 5.91. The molecule has 2 aliphatic rings. The van der Waals surface area contributed by atoms with Gasteiger partial charge in [-0.25, -0.2) is 9.79 Å². The first-order valence-corrected chi connectivity index (χ1v) is 13.8. The minimum absolute atomic E-state index is 0.264. The van der Waals surface area contributed by atoms with Gasteiger partial charge in [-0.3, -0.25) is 0 Å². The van der Waals surface area contributed by atoms with Crippen molar-refractivity contribution in [3.05, 3.63) is 120 Å². The van der Waals surface area contributed by atoms with Crippen molar-refractivity contribution in [3.63, 3.8) is 0 Å². The van der Waals surface area contributed by atoms with E-state index in [1.54, 1.807) is 6.08 Å². The van der Waals surface area contributed by atoms with Gasteiger partial charge in [0.2, 0.25) is 5.90 Å². The lowest BCUT2D eigenvalue weighted by Crippen LogP contribution is -2.19. The normalized spacial score (nSPS) is 16.8. The first-order valence-electron chi connectivity index (χ1n) is 13.8. The van der Waals surface area contributed by atoms with Crippen molar-refractivity contribution < 1.29 is 9.53 Å². The van der Waals surface area contributed by atoms with Crippen molar-refractivity contribution in [1.82, 2.24) is 0 Å². The van der Waals surface area contributed by atoms with Gasteiger partial charge >= 0.3 is 5.97 Å². The molecule has 0 amide bonds. The number of anilines is 3. The second-order valence-corrected chi connectivity index (χ2v) is 10.0. The Bertz CT molecular complexity index is 1500. The van der Waals surface area contributed by atoms with Crippen LogP contribution in [0.1, 0.15) is 37.7 Å². The van der Waals surface area contributed by atoms with Crippen molar-refractivity contribution in [2.75, 3.05) is 4.90 Å². The van der Waals surface area contributed by atoms with Crippen molar-refractivity contribution in [2.24, 2.45) is 21.1 Å². The Kier molecular flexibility index (Phi) is 7.57. The van der Waals surface area contributed by atoms with Gasteiger partial charge in [-0.05, 0) is 85.1 Å². The molecule has 1 aliphatic heterocycles. The molecule has 0 N–H and O–H groups in total. The monoisotopic (exact) mass is 526 g/mol. The Morgan fingerprint density at radius 2 is 1.20 bits per heavy atom. The Morgan fingerprint density at radius 1 is 0.675 bits per heavy atom. The molecule has 0 radical (unpaired) electrons. The molecule has 40 heavy (non-hydrogen) atoms. The number of cyclic esters (lactones) is 1. The van der Waals surface area contributed by atoms with Gasteiger partial charge in [-0.1, -0.05) is 67.8 Å². The molecule has 0 aromatic heterocycles. The molecule has 0 saturated heterocycles. The molecule has 1 fully saturated rings. The summed E-state index contributed by atoms with van der Waals surface area (Å²) in [6.07, 6.45) is 7.43. The predicted octanol–water partition coefficient (Wildman–Crippen LogP) is 9.45. The Morgan fingerprint density at radius 3 is 1.77 bits per heavy atom. The van der Waals surface area contributed by atoms with Crippen LogP contribution in [0, 0.1) is 5.92 Å². The van der Waals surface area contributed by atoms with Crippen LogP contribution in [0.4, 0.5) is 28.4 Å². The fraction of sp³-hybridized carbons (Fsp3) is 0.176. The van der Waals surface area contributed by atoms with Crippen molar-refractivity contribution in [2.45, 2.75) is 32.1 Å². The number of hydrogen-bond donors (Lipinski definition) is 0. The van der Waals surface area contributed by atoms with Crippen LogP contribution < -0.4 is 4.90 Å². The fourth-order valence-electron chi connectivity index (χ4n) is 5.13. The van der Waals surface area contributed by atoms with E-state index in [0.29, 0.717) is 11.6 Å². The molecule has 0 unspecified atom stereocenters. The largest absolute Gasteiger partial charge is 0.406 e. The summed E-state index contributed by atoms with van der Waals surface area (Å²) >= 11 is 0. The lowest BCUT2D eigenvalue weighted by atomic mass is 9.89. The maximum Gasteiger partial charge on any atom is 0.363 e. The van der Waals surface area contributed by atoms with Gasteiger partial charge in [-0.2, -0.15) is 10.2 Å². The highest BCUT2D eigenvalue weighted by atomic mass is 16.6. The zero-order valence-corrected chi connectivity index (χ0v) is 22.2. The number of rotatable bonds is 7. The summed E-state index contributed by atoms with van der Waals surface area (Å²) in [6.45, 7) is 0. The number of azo groups is 1. The highest BCUT2D eigenvalue weighted by molar-refractivity contribution is 6.07. The Hall–Kier alpha value is -4.84. The van der Waals surface area contributed by atoms with E-state index >= 15 is 0 Å². The molecule has 1 aliphatic carbocycles. The molecule has 6 nitrogen and oxygen atoms in total. The molecule has 4 aromatic carbocycles. The van der Waals surface area contributed by atoms with Gasteiger partial charge in [0, 0.05) is 23.0 Å². The summed E-state index contributed by atoms with van der Waals surface area (Å²) in [5, 5.41) is 8.82. The number of hydrogen-bond acceptors (Lipinski definition) is 6. The van der Waals surface area contributed by atoms with Crippen LogP contribution >= 0.6 is 0 Å². The van der Waals surface area contributed by atoms with Crippen LogP contribution in [0.3, 0.4) is 0 Å². The van der Waals surface area contributed by atoms with E-state index in [0.717, 1.165) is 46.8 Å². The average molecular weight is 527 g/mol. The van der Waals surface area contributed by atoms with Crippen LogP contribution in [-0.4, -0.2) is 11.9 Å². The molecule has 198 valence electrons. The van der Waals surface area contributed by atoms with Gasteiger partial charge in [0.05, 0.1) is 11.4 Å². The number of carbonyl (C=O) groups excluding carboxylic acids is 1. The number of ether oxygens (including phenoxy) is 1. The quantitative estimate of drug-likeness (QED) is 0.137. The van der Waals surface area contributed by atoms with E-state index < -0.39 is 0 Å². The summed E-state index contributed by atoms with van der Waals surface area (Å²) in [5.41, 5.74) is 5.91. The molecule has 4 aromatic rings. The highest BCUT2D eigenvalue weighted by Gasteiger charge is 2.30. The van der Waals surface area contributed by atoms with E-state index in [2.05, 4.69) is 44.4 Å². The summed E-state index contributed by atoms with van der Waals surface area (Å²) in [7, 11) is 0. The van der Waals surface area contributed by atoms with E-state index in [-0.39, 0.29) is 11.9 Å². The molecule has 0 atom stereocenters. The summed E-state index contributed by atoms with van der Waals surface area (Å²) < 4.78 is 5.48. The van der Waals surface area contributed by atoms with Crippen molar-refractivity contribution in [3.8, 4) is 0 Å². The predicted molar refractivity (Wildman–Crippen MR) is 160 cm³/mol. The van der Waals surface area contributed by atoms with Gasteiger partial charge in [0.15, 0.2) is 5.70 Å². The van der Waals surface area contributed by atoms with E-state index in [1.807, 2.05) is 84.9 Å². The fourth-order valence-corrected chi connectivity index (χ4v) is 5.13. The van der Waals surface area contributed by atoms with Gasteiger partial charge < -0.3 is 9.64 Å². The van der Waals surface area contributed by atoms with E-state index in [9.17, 15) is 4.79 Å². The van der Waals surface area contributed by atoms with Crippen LogP contribution in [0.2, 0.25) is 0 Å². The van der Waals surface area contributed by atoms with Crippen molar-refractivity contribution in [1.29, 1.82) is 0 Å². The van der Waals surface area contributed by atoms with Gasteiger partial charge in [0.25, 0.3) is 0 Å². The molecule has 0 bridgehead atoms. The molecule has 6 rings (SSSR count). The van der Waals surface area contributed by atoms with Crippen LogP contribution in [0.25, 0.3) is 6.08 Å². The maximum atomic E-state index is 12.3. The third-order valence-electron chi connectivity index (χ3n) is 7.21. The maximum absolute atomic E-state index is 12.3. The summed E-state index contributed by atoms with van der Waals surface area (Å²) in [6, 6.07) is 36.2. The van der Waals surface area contributed by atoms with Crippen molar-refractivity contribution >= 4 is 46.4 Å². The minimum Gasteiger partial charge on any atom is -0.406 e. The lowest BCUT2D eigenvalue weighted by molar-refractivity contribution is -0.130. The second-order valence-electron chi connectivity index (χ2n) is 10.0. The first-order chi connectivity index (χ1) is 19.7. The molecule has 0 spiro atoms. The second kappa shape index (κ2) is 11.9. The number of esters is 1. The first kappa shape index (κ1) is 25.4. The number of para-hydroxylation sites is 2. The SMILES string of the molecule is O=C1OC(C2CCCCC2)=N/C1=C\c1ccc(/N=N/c2ccc(N(c3ccccc3)c3ccccc3)cc2)cc1. The zero-order chi connectivity index (χ0) is 27.1. The lowest BCUT2D eigenvalue weighted by Gasteiger charge is -2.25. The smallest absolute Gasteiger partial charge is 0.363 e. The Balaban J connectivity index is 1.14. The molecular weight excluding hydrogens is 496 g/mol. The molecule has 6 heteroatoms. The van der Waals surface area contributed by atoms with Crippen LogP contribution in [0.5, 0.6) is 0 Å². The third-order valence-corrected chi connectivity index (χ3v) is 7.21. The molecule has 1 saturated carbocycles. The topological polar surface area (TPSA) is 66.6 Å². The highest BCUT2D eigenvalue weighted by Crippen LogP contribution is 2.35. The summed E-state index contributed by atoms with van der Waals surface area (Å²) in [5.74, 6) is 0.481. The van der Waals surface area contributed by atoms with Crippen LogP contribution in [0.15, 0.2) is 130 Å². The molecular formula is C34H30N4O2. The number of carbonyl (C=O) groups is 1. The Labute approximate surface area is 234 Å². The average Bonchev–Trinajstić information content (AvgIpc) is 3.39. The van der Waals surface area contributed by atoms with Gasteiger partial charge in [-0.15, -0.1) is 0 Å². The van der Waals surface area contributed by atoms with Gasteiger partial charge in [0.1, 0.15) is 0 Å². The van der Waals surface area contributed by atoms with E-state index in [1.165, 1.54) is 19.3 Å². The van der Waals surface area contributed by atoms with Crippen LogP contribution in [-0.2, 0) is 9.53 Å². The number of benzene rings is 4. The molecule has 1 heterocycles. The standard InChI is InChI=1S/C34H30N4O2/c39-34-32(35-33(40-34)26-10-4-1-5-11-26)24-25-16-18-27(19-17-25)36-37-28-20-22-31(23-21-28)38(29-12-6-2-7-13-29)30-14-8-3-9-15-30/h2-3,6-9,12-24,26H,1,4-5,10-11H2/b32-24-,37-36+. The zero-order valence-electron chi connectivity index (χ0n) is 22.2. The minimum atomic E-state index is -0.370. The number of nitrogens with zero attached hydrogens (tertiary/aromatic N) is 4.